The van der Waals surface area contributed by atoms with Gasteiger partial charge in [-0.2, -0.15) is 10.4 Å². The smallest absolute Gasteiger partial charge is 0.250 e. The zero-order valence-electron chi connectivity index (χ0n) is 11.7. The molecular weight excluding hydrogens is 340 g/mol. The van der Waals surface area contributed by atoms with Crippen LogP contribution in [0.25, 0.3) is 22.0 Å². The molecule has 0 atom stereocenters. The molecule has 23 heavy (non-hydrogen) atoms. The topological polar surface area (TPSA) is 138 Å². The lowest BCUT2D eigenvalue weighted by Gasteiger charge is -2.10. The summed E-state index contributed by atoms with van der Waals surface area (Å²) in [6.45, 7) is 0. The molecule has 0 fully saturated rings. The number of aromatic amines is 1. The number of fused-ring (bicyclic) bond motifs is 1. The number of hydrogen-bond acceptors (Lipinski definition) is 7. The first kappa shape index (κ1) is 15.2. The highest BCUT2D eigenvalue weighted by atomic mass is 35.5. The number of rotatable bonds is 2. The van der Waals surface area contributed by atoms with Crippen LogP contribution in [0.4, 0.5) is 5.82 Å². The van der Waals surface area contributed by atoms with Gasteiger partial charge in [0, 0.05) is 17.2 Å². The van der Waals surface area contributed by atoms with Crippen molar-refractivity contribution in [3.8, 4) is 17.2 Å². The molecule has 0 radical (unpaired) electrons. The number of nitrogens with one attached hydrogen (secondary N) is 1. The molecular formula is C13H9ClN6O2S. The van der Waals surface area contributed by atoms with Crippen molar-refractivity contribution in [3.63, 3.8) is 0 Å². The van der Waals surface area contributed by atoms with Crippen LogP contribution >= 0.6 is 11.6 Å². The maximum Gasteiger partial charge on any atom is 0.250 e. The van der Waals surface area contributed by atoms with Crippen molar-refractivity contribution < 1.29 is 8.42 Å². The van der Waals surface area contributed by atoms with E-state index in [0.29, 0.717) is 16.1 Å². The third-order valence-electron chi connectivity index (χ3n) is 3.18. The Hall–Kier alpha value is -2.70. The summed E-state index contributed by atoms with van der Waals surface area (Å²) in [7, 11) is -3.70. The van der Waals surface area contributed by atoms with Crippen LogP contribution in [0, 0.1) is 11.3 Å². The monoisotopic (exact) mass is 348 g/mol. The summed E-state index contributed by atoms with van der Waals surface area (Å²) in [5.41, 5.74) is 6.86. The molecule has 3 N–H and O–H groups in total. The van der Waals surface area contributed by atoms with Gasteiger partial charge in [0.15, 0.2) is 5.69 Å². The van der Waals surface area contributed by atoms with Crippen molar-refractivity contribution in [2.75, 3.05) is 12.0 Å². The van der Waals surface area contributed by atoms with Crippen LogP contribution in [-0.4, -0.2) is 34.8 Å². The average Bonchev–Trinajstić information content (AvgIpc) is 2.96. The third-order valence-corrected chi connectivity index (χ3v) is 4.42. The Labute approximate surface area is 135 Å². The SMILES string of the molecule is CS(=O)(=O)c1nc(N)c(-c2ccc3cn[nH]c3c2Cl)c(C#N)n1. The zero-order chi connectivity index (χ0) is 16.8. The molecule has 0 aliphatic carbocycles. The van der Waals surface area contributed by atoms with Crippen molar-refractivity contribution in [1.82, 2.24) is 20.2 Å². The Morgan fingerprint density at radius 3 is 2.74 bits per heavy atom. The fraction of sp³-hybridized carbons (Fsp3) is 0.0769. The number of benzene rings is 1. The normalized spacial score (nSPS) is 11.5. The number of nitrogen functional groups attached to an aromatic ring is 1. The predicted molar refractivity (Wildman–Crippen MR) is 84.4 cm³/mol. The zero-order valence-corrected chi connectivity index (χ0v) is 13.3. The highest BCUT2D eigenvalue weighted by Crippen LogP contribution is 2.37. The van der Waals surface area contributed by atoms with Crippen molar-refractivity contribution in [2.45, 2.75) is 5.16 Å². The first-order valence-electron chi connectivity index (χ1n) is 6.22. The largest absolute Gasteiger partial charge is 0.383 e. The first-order chi connectivity index (χ1) is 10.8. The Kier molecular flexibility index (Phi) is 3.43. The molecule has 2 heterocycles. The van der Waals surface area contributed by atoms with Gasteiger partial charge in [-0.25, -0.2) is 18.4 Å². The first-order valence-corrected chi connectivity index (χ1v) is 8.49. The van der Waals surface area contributed by atoms with Gasteiger partial charge in [-0.05, 0) is 0 Å². The lowest BCUT2D eigenvalue weighted by Crippen LogP contribution is -2.10. The summed E-state index contributed by atoms with van der Waals surface area (Å²) in [6, 6.07) is 5.23. The lowest BCUT2D eigenvalue weighted by atomic mass is 10.0. The van der Waals surface area contributed by atoms with Gasteiger partial charge in [0.25, 0.3) is 0 Å². The molecule has 3 aromatic rings. The van der Waals surface area contributed by atoms with Gasteiger partial charge in [0.2, 0.25) is 15.0 Å². The van der Waals surface area contributed by atoms with Gasteiger partial charge >= 0.3 is 0 Å². The van der Waals surface area contributed by atoms with Gasteiger partial charge < -0.3 is 5.73 Å². The number of nitrogens with zero attached hydrogens (tertiary/aromatic N) is 4. The third kappa shape index (κ3) is 2.48. The van der Waals surface area contributed by atoms with Crippen LogP contribution < -0.4 is 5.73 Å². The van der Waals surface area contributed by atoms with Gasteiger partial charge in [0.1, 0.15) is 11.9 Å². The second-order valence-electron chi connectivity index (χ2n) is 4.76. The number of anilines is 1. The quantitative estimate of drug-likeness (QED) is 0.669. The highest BCUT2D eigenvalue weighted by molar-refractivity contribution is 7.90. The minimum absolute atomic E-state index is 0.141. The summed E-state index contributed by atoms with van der Waals surface area (Å²) >= 11 is 6.34. The summed E-state index contributed by atoms with van der Waals surface area (Å²) in [5, 5.41) is 16.5. The number of sulfone groups is 1. The van der Waals surface area contributed by atoms with Gasteiger partial charge in [-0.15, -0.1) is 0 Å². The Bertz CT molecular complexity index is 1080. The van der Waals surface area contributed by atoms with Crippen LogP contribution in [0.3, 0.4) is 0 Å². The molecule has 2 aromatic heterocycles. The van der Waals surface area contributed by atoms with E-state index in [9.17, 15) is 13.7 Å². The number of H-pyrrole nitrogens is 1. The fourth-order valence-corrected chi connectivity index (χ4v) is 2.97. The van der Waals surface area contributed by atoms with Gasteiger partial charge in [-0.1, -0.05) is 23.7 Å². The van der Waals surface area contributed by atoms with Gasteiger partial charge in [0.05, 0.1) is 22.3 Å². The molecule has 0 bridgehead atoms. The molecule has 8 nitrogen and oxygen atoms in total. The van der Waals surface area contributed by atoms with Crippen LogP contribution in [0.5, 0.6) is 0 Å². The Morgan fingerprint density at radius 2 is 2.09 bits per heavy atom. The molecule has 0 aliphatic rings. The number of nitrogens with two attached hydrogens (primary N) is 1. The Balaban J connectivity index is 2.35. The number of halogens is 1. The van der Waals surface area contributed by atoms with E-state index < -0.39 is 15.0 Å². The molecule has 1 aromatic carbocycles. The van der Waals surface area contributed by atoms with Crippen LogP contribution in [0.2, 0.25) is 5.02 Å². The summed E-state index contributed by atoms with van der Waals surface area (Å²) in [6.07, 6.45) is 2.54. The second-order valence-corrected chi connectivity index (χ2v) is 7.05. The molecule has 0 unspecified atom stereocenters. The van der Waals surface area contributed by atoms with E-state index in [2.05, 4.69) is 20.2 Å². The summed E-state index contributed by atoms with van der Waals surface area (Å²) in [4.78, 5) is 7.57. The molecule has 0 saturated heterocycles. The molecule has 0 aliphatic heterocycles. The number of hydrogen-bond donors (Lipinski definition) is 2. The maximum absolute atomic E-state index is 11.6. The molecule has 10 heteroatoms. The summed E-state index contributed by atoms with van der Waals surface area (Å²) < 4.78 is 23.2. The van der Waals surface area contributed by atoms with Crippen LogP contribution in [-0.2, 0) is 9.84 Å². The van der Waals surface area contributed by atoms with E-state index in [1.54, 1.807) is 18.3 Å². The van der Waals surface area contributed by atoms with E-state index in [1.807, 2.05) is 6.07 Å². The van der Waals surface area contributed by atoms with Crippen molar-refractivity contribution in [3.05, 3.63) is 29.0 Å². The minimum Gasteiger partial charge on any atom is -0.383 e. The maximum atomic E-state index is 11.6. The van der Waals surface area contributed by atoms with Crippen molar-refractivity contribution in [1.29, 1.82) is 5.26 Å². The number of nitriles is 1. The lowest BCUT2D eigenvalue weighted by molar-refractivity contribution is 0.593. The van der Waals surface area contributed by atoms with Gasteiger partial charge in [-0.3, -0.25) is 5.10 Å². The minimum atomic E-state index is -3.70. The predicted octanol–water partition coefficient (Wildman–Crippen LogP) is 1.53. The molecule has 116 valence electrons. The molecule has 0 saturated carbocycles. The second kappa shape index (κ2) is 5.19. The van der Waals surface area contributed by atoms with E-state index in [1.165, 1.54) is 0 Å². The van der Waals surface area contributed by atoms with E-state index in [-0.39, 0.29) is 17.1 Å². The van der Waals surface area contributed by atoms with Crippen LogP contribution in [0.1, 0.15) is 5.69 Å². The molecule has 0 spiro atoms. The van der Waals surface area contributed by atoms with E-state index >= 15 is 0 Å². The summed E-state index contributed by atoms with van der Waals surface area (Å²) in [5.74, 6) is -0.141. The highest BCUT2D eigenvalue weighted by Gasteiger charge is 2.22. The standard InChI is InChI=1S/C13H9ClN6O2S/c1-23(21,22)13-18-8(4-15)9(12(16)19-13)7-3-2-6-5-17-20-11(6)10(7)14/h2-3,5H,1H3,(H,17,20)(H2,16,18,19). The van der Waals surface area contributed by atoms with E-state index in [0.717, 1.165) is 11.6 Å². The average molecular weight is 349 g/mol. The number of aromatic nitrogens is 4. The van der Waals surface area contributed by atoms with Crippen LogP contribution in [0.15, 0.2) is 23.5 Å². The Morgan fingerprint density at radius 1 is 1.35 bits per heavy atom. The van der Waals surface area contributed by atoms with E-state index in [4.69, 9.17) is 17.3 Å². The fourth-order valence-electron chi connectivity index (χ4n) is 2.14. The molecule has 0 amide bonds. The van der Waals surface area contributed by atoms with Crippen molar-refractivity contribution in [2.24, 2.45) is 0 Å². The van der Waals surface area contributed by atoms with Crippen molar-refractivity contribution >= 4 is 38.2 Å². The molecule has 3 rings (SSSR count).